The molecule has 1 aromatic carbocycles. The lowest BCUT2D eigenvalue weighted by atomic mass is 10.2. The minimum Gasteiger partial charge on any atom is -0.457 e. The van der Waals surface area contributed by atoms with E-state index in [1.165, 1.54) is 6.92 Å². The highest BCUT2D eigenvalue weighted by atomic mass is 79.9. The Morgan fingerprint density at radius 1 is 1.27 bits per heavy atom. The molecule has 0 bridgehead atoms. The van der Waals surface area contributed by atoms with Crippen LogP contribution < -0.4 is 0 Å². The highest BCUT2D eigenvalue weighted by molar-refractivity contribution is 9.10. The van der Waals surface area contributed by atoms with Crippen LogP contribution >= 0.6 is 15.9 Å². The summed E-state index contributed by atoms with van der Waals surface area (Å²) in [6.07, 6.45) is 0.195. The van der Waals surface area contributed by atoms with Crippen LogP contribution in [-0.2, 0) is 20.7 Å². The van der Waals surface area contributed by atoms with Crippen LogP contribution in [-0.4, -0.2) is 18.4 Å². The third-order valence-electron chi connectivity index (χ3n) is 1.70. The van der Waals surface area contributed by atoms with Crippen LogP contribution in [0.1, 0.15) is 12.5 Å². The summed E-state index contributed by atoms with van der Waals surface area (Å²) in [5.41, 5.74) is 0.867. The van der Waals surface area contributed by atoms with Gasteiger partial charge in [0.05, 0.1) is 6.42 Å². The first-order valence-corrected chi connectivity index (χ1v) is 5.27. The maximum absolute atomic E-state index is 11.2. The van der Waals surface area contributed by atoms with Crippen molar-refractivity contribution in [2.75, 3.05) is 6.61 Å². The van der Waals surface area contributed by atoms with Gasteiger partial charge < -0.3 is 4.74 Å². The molecule has 1 rings (SSSR count). The van der Waals surface area contributed by atoms with Gasteiger partial charge in [0.25, 0.3) is 0 Å². The number of carbonyl (C=O) groups is 2. The van der Waals surface area contributed by atoms with Crippen molar-refractivity contribution in [1.29, 1.82) is 0 Å². The Balaban J connectivity index is 2.44. The predicted octanol–water partition coefficient (Wildman–Crippen LogP) is 2.12. The molecule has 80 valence electrons. The SMILES string of the molecule is CC(=O)COC(=O)Cc1ccc(Br)cc1. The van der Waals surface area contributed by atoms with Gasteiger partial charge in [0, 0.05) is 4.47 Å². The third kappa shape index (κ3) is 4.74. The molecule has 15 heavy (non-hydrogen) atoms. The molecular formula is C11H11BrO3. The van der Waals surface area contributed by atoms with Crippen LogP contribution in [0.25, 0.3) is 0 Å². The van der Waals surface area contributed by atoms with E-state index in [2.05, 4.69) is 15.9 Å². The third-order valence-corrected chi connectivity index (χ3v) is 2.23. The Bertz CT molecular complexity index is 357. The molecule has 0 aromatic heterocycles. The number of ether oxygens (including phenoxy) is 1. The highest BCUT2D eigenvalue weighted by Crippen LogP contribution is 2.11. The van der Waals surface area contributed by atoms with Crippen LogP contribution in [0.4, 0.5) is 0 Å². The van der Waals surface area contributed by atoms with E-state index in [0.29, 0.717) is 0 Å². The molecule has 0 saturated carbocycles. The smallest absolute Gasteiger partial charge is 0.310 e. The van der Waals surface area contributed by atoms with Crippen LogP contribution in [0, 0.1) is 0 Å². The maximum atomic E-state index is 11.2. The quantitative estimate of drug-likeness (QED) is 0.788. The summed E-state index contributed by atoms with van der Waals surface area (Å²) in [6.45, 7) is 1.24. The fraction of sp³-hybridized carbons (Fsp3) is 0.273. The molecule has 0 unspecified atom stereocenters. The fourth-order valence-electron chi connectivity index (χ4n) is 1.00. The number of Topliss-reactive ketones (excluding diaryl/α,β-unsaturated/α-hetero) is 1. The molecular weight excluding hydrogens is 260 g/mol. The second-order valence-corrected chi connectivity index (χ2v) is 4.08. The van der Waals surface area contributed by atoms with Crippen LogP contribution in [0.5, 0.6) is 0 Å². The Morgan fingerprint density at radius 3 is 2.40 bits per heavy atom. The van der Waals surface area contributed by atoms with E-state index in [9.17, 15) is 9.59 Å². The van der Waals surface area contributed by atoms with Crippen molar-refractivity contribution in [1.82, 2.24) is 0 Å². The summed E-state index contributed by atoms with van der Waals surface area (Å²) < 4.78 is 5.70. The lowest BCUT2D eigenvalue weighted by molar-refractivity contribution is -0.146. The molecule has 4 heteroatoms. The number of carbonyl (C=O) groups excluding carboxylic acids is 2. The second-order valence-electron chi connectivity index (χ2n) is 3.17. The zero-order valence-electron chi connectivity index (χ0n) is 8.33. The van der Waals surface area contributed by atoms with Crippen molar-refractivity contribution < 1.29 is 14.3 Å². The van der Waals surface area contributed by atoms with Gasteiger partial charge in [0.1, 0.15) is 6.61 Å². The molecule has 0 fully saturated rings. The first kappa shape index (κ1) is 11.9. The highest BCUT2D eigenvalue weighted by Gasteiger charge is 2.05. The van der Waals surface area contributed by atoms with Gasteiger partial charge >= 0.3 is 5.97 Å². The van der Waals surface area contributed by atoms with E-state index in [4.69, 9.17) is 4.74 Å². The Morgan fingerprint density at radius 2 is 1.87 bits per heavy atom. The number of halogens is 1. The van der Waals surface area contributed by atoms with Gasteiger partial charge in [-0.15, -0.1) is 0 Å². The van der Waals surface area contributed by atoms with Gasteiger partial charge in [-0.3, -0.25) is 9.59 Å². The molecule has 1 aromatic rings. The van der Waals surface area contributed by atoms with E-state index in [1.807, 2.05) is 24.3 Å². The molecule has 3 nitrogen and oxygen atoms in total. The van der Waals surface area contributed by atoms with Crippen LogP contribution in [0.2, 0.25) is 0 Å². The topological polar surface area (TPSA) is 43.4 Å². The Labute approximate surface area is 96.6 Å². The normalized spacial score (nSPS) is 9.73. The van der Waals surface area contributed by atoms with Crippen molar-refractivity contribution in [3.8, 4) is 0 Å². The molecule has 0 aliphatic rings. The first-order chi connectivity index (χ1) is 7.08. The van der Waals surface area contributed by atoms with Crippen molar-refractivity contribution >= 4 is 27.7 Å². The number of hydrogen-bond donors (Lipinski definition) is 0. The second kappa shape index (κ2) is 5.66. The summed E-state index contributed by atoms with van der Waals surface area (Å²) in [5.74, 6) is -0.535. The summed E-state index contributed by atoms with van der Waals surface area (Å²) >= 11 is 3.30. The summed E-state index contributed by atoms with van der Waals surface area (Å²) in [6, 6.07) is 7.37. The number of rotatable bonds is 4. The molecule has 0 spiro atoms. The standard InChI is InChI=1S/C11H11BrO3/c1-8(13)7-15-11(14)6-9-2-4-10(12)5-3-9/h2-5H,6-7H2,1H3. The number of benzene rings is 1. The largest absolute Gasteiger partial charge is 0.457 e. The van der Waals surface area contributed by atoms with Crippen LogP contribution in [0.3, 0.4) is 0 Å². The first-order valence-electron chi connectivity index (χ1n) is 4.47. The number of esters is 1. The molecule has 0 aliphatic heterocycles. The zero-order chi connectivity index (χ0) is 11.3. The van der Waals surface area contributed by atoms with Gasteiger partial charge in [0.15, 0.2) is 5.78 Å². The molecule has 0 amide bonds. The van der Waals surface area contributed by atoms with Crippen LogP contribution in [0.15, 0.2) is 28.7 Å². The van der Waals surface area contributed by atoms with Crippen molar-refractivity contribution in [3.05, 3.63) is 34.3 Å². The summed E-state index contributed by atoms with van der Waals surface area (Å²) in [7, 11) is 0. The van der Waals surface area contributed by atoms with E-state index in [1.54, 1.807) is 0 Å². The van der Waals surface area contributed by atoms with E-state index < -0.39 is 0 Å². The Kier molecular flexibility index (Phi) is 4.49. The van der Waals surface area contributed by atoms with Gasteiger partial charge in [-0.05, 0) is 24.6 Å². The molecule has 0 atom stereocenters. The van der Waals surface area contributed by atoms with Gasteiger partial charge in [-0.2, -0.15) is 0 Å². The lowest BCUT2D eigenvalue weighted by Gasteiger charge is -2.02. The average Bonchev–Trinajstić information content (AvgIpc) is 2.19. The molecule has 0 N–H and O–H groups in total. The summed E-state index contributed by atoms with van der Waals surface area (Å²) in [5, 5.41) is 0. The molecule has 0 radical (unpaired) electrons. The van der Waals surface area contributed by atoms with Gasteiger partial charge in [-0.25, -0.2) is 0 Å². The van der Waals surface area contributed by atoms with E-state index >= 15 is 0 Å². The monoisotopic (exact) mass is 270 g/mol. The van der Waals surface area contributed by atoms with Gasteiger partial charge in [0.2, 0.25) is 0 Å². The van der Waals surface area contributed by atoms with Crippen molar-refractivity contribution in [3.63, 3.8) is 0 Å². The van der Waals surface area contributed by atoms with Gasteiger partial charge in [-0.1, -0.05) is 28.1 Å². The maximum Gasteiger partial charge on any atom is 0.310 e. The van der Waals surface area contributed by atoms with Crippen molar-refractivity contribution in [2.24, 2.45) is 0 Å². The predicted molar refractivity (Wildman–Crippen MR) is 59.5 cm³/mol. The number of hydrogen-bond acceptors (Lipinski definition) is 3. The minimum absolute atomic E-state index is 0.143. The van der Waals surface area contributed by atoms with E-state index in [-0.39, 0.29) is 24.8 Å². The van der Waals surface area contributed by atoms with E-state index in [0.717, 1.165) is 10.0 Å². The molecule has 0 aliphatic carbocycles. The lowest BCUT2D eigenvalue weighted by Crippen LogP contribution is -2.13. The summed E-state index contributed by atoms with van der Waals surface area (Å²) in [4.78, 5) is 21.8. The fourth-order valence-corrected chi connectivity index (χ4v) is 1.27. The average molecular weight is 271 g/mol. The minimum atomic E-state index is -0.382. The zero-order valence-corrected chi connectivity index (χ0v) is 9.91. The molecule has 0 heterocycles. The molecule has 0 saturated heterocycles. The van der Waals surface area contributed by atoms with Crippen molar-refractivity contribution in [2.45, 2.75) is 13.3 Å². The number of ketones is 1. The Hall–Kier alpha value is -1.16.